The second-order valence-corrected chi connectivity index (χ2v) is 5.18. The van der Waals surface area contributed by atoms with E-state index < -0.39 is 5.97 Å². The Hall–Kier alpha value is -3.33. The van der Waals surface area contributed by atoms with Crippen LogP contribution in [0.5, 0.6) is 11.5 Å². The molecule has 2 aromatic carbocycles. The lowest BCUT2D eigenvalue weighted by Crippen LogP contribution is -2.15. The number of ether oxygens (including phenoxy) is 3. The Morgan fingerprint density at radius 3 is 2.40 bits per heavy atom. The van der Waals surface area contributed by atoms with Crippen molar-refractivity contribution >= 4 is 11.8 Å². The van der Waals surface area contributed by atoms with Gasteiger partial charge < -0.3 is 14.2 Å². The van der Waals surface area contributed by atoms with Crippen molar-refractivity contribution in [3.05, 3.63) is 59.2 Å². The Labute approximate surface area is 145 Å². The number of rotatable bonds is 7. The van der Waals surface area contributed by atoms with Crippen molar-refractivity contribution in [2.24, 2.45) is 0 Å². The molecule has 25 heavy (non-hydrogen) atoms. The topological polar surface area (TPSA) is 85.6 Å². The van der Waals surface area contributed by atoms with Crippen LogP contribution in [0.25, 0.3) is 0 Å². The lowest BCUT2D eigenvalue weighted by Gasteiger charge is -2.11. The van der Waals surface area contributed by atoms with Gasteiger partial charge in [0.2, 0.25) is 0 Å². The fourth-order valence-corrected chi connectivity index (χ4v) is 2.02. The van der Waals surface area contributed by atoms with Gasteiger partial charge in [-0.2, -0.15) is 5.26 Å². The highest BCUT2D eigenvalue weighted by molar-refractivity contribution is 5.94. The van der Waals surface area contributed by atoms with E-state index in [2.05, 4.69) is 0 Å². The molecule has 6 nitrogen and oxygen atoms in total. The van der Waals surface area contributed by atoms with Gasteiger partial charge in [0, 0.05) is 5.56 Å². The maximum atomic E-state index is 11.8. The number of ketones is 1. The van der Waals surface area contributed by atoms with Crippen LogP contribution in [0.3, 0.4) is 0 Å². The molecule has 2 rings (SSSR count). The first kappa shape index (κ1) is 18.0. The van der Waals surface area contributed by atoms with E-state index in [4.69, 9.17) is 19.5 Å². The molecule has 0 saturated carbocycles. The summed E-state index contributed by atoms with van der Waals surface area (Å²) in [6.45, 7) is 1.26. The predicted octanol–water partition coefficient (Wildman–Crippen LogP) is 2.89. The average Bonchev–Trinajstić information content (AvgIpc) is 2.64. The summed E-state index contributed by atoms with van der Waals surface area (Å²) in [4.78, 5) is 23.2. The Morgan fingerprint density at radius 1 is 1.08 bits per heavy atom. The molecule has 6 heteroatoms. The summed E-state index contributed by atoms with van der Waals surface area (Å²) in [6.07, 6.45) is 0. The van der Waals surface area contributed by atoms with Crippen molar-refractivity contribution in [2.45, 2.75) is 13.5 Å². The van der Waals surface area contributed by atoms with E-state index in [0.29, 0.717) is 22.6 Å². The number of benzene rings is 2. The van der Waals surface area contributed by atoms with Crippen molar-refractivity contribution in [3.63, 3.8) is 0 Å². The van der Waals surface area contributed by atoms with Gasteiger partial charge in [-0.15, -0.1) is 0 Å². The van der Waals surface area contributed by atoms with Gasteiger partial charge in [0.1, 0.15) is 6.61 Å². The van der Waals surface area contributed by atoms with Gasteiger partial charge in [-0.25, -0.2) is 4.79 Å². The molecule has 0 radical (unpaired) electrons. The third-order valence-corrected chi connectivity index (χ3v) is 3.40. The van der Waals surface area contributed by atoms with Crippen LogP contribution in [0.15, 0.2) is 42.5 Å². The summed E-state index contributed by atoms with van der Waals surface area (Å²) in [7, 11) is 1.45. The number of methoxy groups -OCH3 is 1. The van der Waals surface area contributed by atoms with Gasteiger partial charge in [0.05, 0.1) is 18.7 Å². The molecule has 0 atom stereocenters. The Morgan fingerprint density at radius 2 is 1.80 bits per heavy atom. The second kappa shape index (κ2) is 8.50. The first-order valence-electron chi connectivity index (χ1n) is 7.50. The van der Waals surface area contributed by atoms with Gasteiger partial charge in [0.25, 0.3) is 0 Å². The van der Waals surface area contributed by atoms with Crippen LogP contribution in [-0.2, 0) is 16.1 Å². The zero-order chi connectivity index (χ0) is 18.2. The summed E-state index contributed by atoms with van der Waals surface area (Å²) in [5.74, 6) is 0.0872. The van der Waals surface area contributed by atoms with Gasteiger partial charge in [-0.05, 0) is 42.8 Å². The van der Waals surface area contributed by atoms with Crippen LogP contribution in [0.1, 0.15) is 28.4 Å². The number of Topliss-reactive ketones (excluding diaryl/α,β-unsaturated/α-hetero) is 1. The highest BCUT2D eigenvalue weighted by atomic mass is 16.6. The molecule has 0 amide bonds. The minimum atomic E-state index is -0.540. The smallest absolute Gasteiger partial charge is 0.344 e. The van der Waals surface area contributed by atoms with E-state index in [1.807, 2.05) is 6.07 Å². The normalized spacial score (nSPS) is 9.80. The number of carbonyl (C=O) groups is 2. The molecule has 0 aliphatic rings. The van der Waals surface area contributed by atoms with Crippen LogP contribution in [-0.4, -0.2) is 25.5 Å². The molecule has 2 aromatic rings. The molecule has 0 heterocycles. The van der Waals surface area contributed by atoms with Crippen molar-refractivity contribution in [2.75, 3.05) is 13.7 Å². The molecule has 0 aliphatic carbocycles. The minimum absolute atomic E-state index is 0.0910. The number of nitriles is 1. The third-order valence-electron chi connectivity index (χ3n) is 3.40. The summed E-state index contributed by atoms with van der Waals surface area (Å²) in [5, 5.41) is 8.73. The van der Waals surface area contributed by atoms with Crippen molar-refractivity contribution < 1.29 is 23.8 Å². The fraction of sp³-hybridized carbons (Fsp3) is 0.211. The number of hydrogen-bond acceptors (Lipinski definition) is 6. The molecule has 0 fully saturated rings. The first-order chi connectivity index (χ1) is 12.0. The van der Waals surface area contributed by atoms with Crippen LogP contribution >= 0.6 is 0 Å². The zero-order valence-corrected chi connectivity index (χ0v) is 13.9. The molecule has 0 aromatic heterocycles. The second-order valence-electron chi connectivity index (χ2n) is 5.18. The van der Waals surface area contributed by atoms with Gasteiger partial charge in [-0.3, -0.25) is 4.79 Å². The summed E-state index contributed by atoms with van der Waals surface area (Å²) < 4.78 is 15.7. The summed E-state index contributed by atoms with van der Waals surface area (Å²) in [6, 6.07) is 13.5. The quantitative estimate of drug-likeness (QED) is 0.569. The SMILES string of the molecule is COc1cc(C(C)=O)ccc1OCC(=O)OCc1ccc(C#N)cc1. The molecular formula is C19H17NO5. The highest BCUT2D eigenvalue weighted by Crippen LogP contribution is 2.28. The molecule has 128 valence electrons. The fourth-order valence-electron chi connectivity index (χ4n) is 2.02. The van der Waals surface area contributed by atoms with Gasteiger partial charge in [0.15, 0.2) is 23.9 Å². The van der Waals surface area contributed by atoms with Crippen molar-refractivity contribution in [1.82, 2.24) is 0 Å². The monoisotopic (exact) mass is 339 g/mol. The first-order valence-corrected chi connectivity index (χ1v) is 7.50. The van der Waals surface area contributed by atoms with E-state index in [1.54, 1.807) is 42.5 Å². The van der Waals surface area contributed by atoms with E-state index >= 15 is 0 Å². The molecular weight excluding hydrogens is 322 g/mol. The average molecular weight is 339 g/mol. The van der Waals surface area contributed by atoms with Crippen LogP contribution in [0.2, 0.25) is 0 Å². The maximum absolute atomic E-state index is 11.8. The lowest BCUT2D eigenvalue weighted by atomic mass is 10.1. The van der Waals surface area contributed by atoms with Crippen LogP contribution in [0, 0.1) is 11.3 Å². The van der Waals surface area contributed by atoms with Gasteiger partial charge >= 0.3 is 5.97 Å². The van der Waals surface area contributed by atoms with E-state index in [0.717, 1.165) is 5.56 Å². The summed E-state index contributed by atoms with van der Waals surface area (Å²) >= 11 is 0. The van der Waals surface area contributed by atoms with Gasteiger partial charge in [-0.1, -0.05) is 12.1 Å². The molecule has 0 bridgehead atoms. The van der Waals surface area contributed by atoms with E-state index in [1.165, 1.54) is 14.0 Å². The van der Waals surface area contributed by atoms with Crippen LogP contribution < -0.4 is 9.47 Å². The molecule has 0 N–H and O–H groups in total. The molecule has 0 aliphatic heterocycles. The standard InChI is InChI=1S/C19H17NO5/c1-13(21)16-7-8-17(18(9-16)23-2)24-12-19(22)25-11-15-5-3-14(10-20)4-6-15/h3-9H,11-12H2,1-2H3. The molecule has 0 unspecified atom stereocenters. The van der Waals surface area contributed by atoms with Crippen LogP contribution in [0.4, 0.5) is 0 Å². The largest absolute Gasteiger partial charge is 0.493 e. The summed E-state index contributed by atoms with van der Waals surface area (Å²) in [5.41, 5.74) is 1.81. The number of carbonyl (C=O) groups excluding carboxylic acids is 2. The Balaban J connectivity index is 1.89. The Kier molecular flexibility index (Phi) is 6.13. The lowest BCUT2D eigenvalue weighted by molar-refractivity contribution is -0.147. The van der Waals surface area contributed by atoms with Crippen molar-refractivity contribution in [1.29, 1.82) is 5.26 Å². The Bertz CT molecular complexity index is 806. The van der Waals surface area contributed by atoms with E-state index in [9.17, 15) is 9.59 Å². The highest BCUT2D eigenvalue weighted by Gasteiger charge is 2.11. The zero-order valence-electron chi connectivity index (χ0n) is 13.9. The molecule has 0 saturated heterocycles. The molecule has 0 spiro atoms. The maximum Gasteiger partial charge on any atom is 0.344 e. The number of hydrogen-bond donors (Lipinski definition) is 0. The number of esters is 1. The predicted molar refractivity (Wildman–Crippen MR) is 89.4 cm³/mol. The van der Waals surface area contributed by atoms with E-state index in [-0.39, 0.29) is 19.0 Å². The minimum Gasteiger partial charge on any atom is -0.493 e. The third kappa shape index (κ3) is 5.08. The number of nitrogens with zero attached hydrogens (tertiary/aromatic N) is 1. The van der Waals surface area contributed by atoms with Crippen molar-refractivity contribution in [3.8, 4) is 17.6 Å².